The number of amides is 1. The number of carbonyl (C=O) groups excluding carboxylic acids is 1. The number of H-pyrrole nitrogens is 2. The zero-order valence-electron chi connectivity index (χ0n) is 13.6. The molecule has 0 radical (unpaired) electrons. The largest absolute Gasteiger partial charge is 0.357 e. The first-order chi connectivity index (χ1) is 12.6. The first-order valence-electron chi connectivity index (χ1n) is 8.00. The van der Waals surface area contributed by atoms with Crippen molar-refractivity contribution in [3.05, 3.63) is 86.6 Å². The van der Waals surface area contributed by atoms with E-state index in [4.69, 9.17) is 0 Å². The minimum atomic E-state index is -0.438. The highest BCUT2D eigenvalue weighted by Crippen LogP contribution is 2.12. The summed E-state index contributed by atoms with van der Waals surface area (Å²) in [7, 11) is 0. The van der Waals surface area contributed by atoms with Crippen LogP contribution in [0.4, 0.5) is 0 Å². The summed E-state index contributed by atoms with van der Waals surface area (Å²) < 4.78 is 0. The monoisotopic (exact) mass is 346 g/mol. The van der Waals surface area contributed by atoms with E-state index >= 15 is 0 Å². The molecular weight excluding hydrogens is 332 g/mol. The number of fused-ring (bicyclic) bond motifs is 2. The number of hydrogen-bond acceptors (Lipinski definition) is 4. The molecule has 0 spiro atoms. The number of aromatic amines is 2. The highest BCUT2D eigenvalue weighted by atomic mass is 16.2. The van der Waals surface area contributed by atoms with E-state index in [0.29, 0.717) is 27.4 Å². The maximum atomic E-state index is 12.5. The molecule has 2 heterocycles. The zero-order valence-corrected chi connectivity index (χ0v) is 13.6. The molecule has 0 unspecified atom stereocenters. The van der Waals surface area contributed by atoms with Crippen LogP contribution in [0.1, 0.15) is 16.2 Å². The van der Waals surface area contributed by atoms with Crippen LogP contribution < -0.4 is 16.3 Å². The molecule has 2 aromatic heterocycles. The summed E-state index contributed by atoms with van der Waals surface area (Å²) >= 11 is 0. The van der Waals surface area contributed by atoms with Crippen LogP contribution >= 0.6 is 0 Å². The third kappa shape index (κ3) is 2.75. The maximum Gasteiger partial charge on any atom is 0.272 e. The quantitative estimate of drug-likeness (QED) is 0.525. The van der Waals surface area contributed by atoms with Crippen molar-refractivity contribution in [2.75, 3.05) is 0 Å². The van der Waals surface area contributed by atoms with Gasteiger partial charge in [-0.1, -0.05) is 30.3 Å². The Labute approximate surface area is 146 Å². The Morgan fingerprint density at radius 3 is 2.46 bits per heavy atom. The summed E-state index contributed by atoms with van der Waals surface area (Å²) in [5, 5.41) is 10.4. The van der Waals surface area contributed by atoms with Crippen molar-refractivity contribution in [2.45, 2.75) is 6.54 Å². The average Bonchev–Trinajstić information content (AvgIpc) is 2.67. The van der Waals surface area contributed by atoms with Crippen LogP contribution in [0.15, 0.2) is 64.2 Å². The molecule has 0 fully saturated rings. The number of rotatable bonds is 3. The van der Waals surface area contributed by atoms with Crippen molar-refractivity contribution in [3.63, 3.8) is 0 Å². The van der Waals surface area contributed by atoms with Crippen LogP contribution in [0, 0.1) is 0 Å². The Bertz CT molecular complexity index is 1260. The molecule has 7 heteroatoms. The molecule has 7 nitrogen and oxygen atoms in total. The van der Waals surface area contributed by atoms with Crippen molar-refractivity contribution in [2.24, 2.45) is 0 Å². The summed E-state index contributed by atoms with van der Waals surface area (Å²) in [6.07, 6.45) is 0. The summed E-state index contributed by atoms with van der Waals surface area (Å²) in [5.41, 5.74) is 0.947. The molecule has 26 heavy (non-hydrogen) atoms. The second-order valence-corrected chi connectivity index (χ2v) is 5.83. The van der Waals surface area contributed by atoms with Gasteiger partial charge in [0.2, 0.25) is 0 Å². The molecule has 1 amide bonds. The molecule has 0 bridgehead atoms. The predicted octanol–water partition coefficient (Wildman–Crippen LogP) is 1.69. The van der Waals surface area contributed by atoms with E-state index in [1.165, 1.54) is 6.07 Å². The third-order valence-corrected chi connectivity index (χ3v) is 4.14. The normalized spacial score (nSPS) is 10.9. The summed E-state index contributed by atoms with van der Waals surface area (Å²) in [4.78, 5) is 39.6. The van der Waals surface area contributed by atoms with E-state index in [9.17, 15) is 14.4 Å². The molecule has 0 saturated carbocycles. The molecule has 2 aromatic carbocycles. The second-order valence-electron chi connectivity index (χ2n) is 5.83. The van der Waals surface area contributed by atoms with Gasteiger partial charge in [0.25, 0.3) is 11.5 Å². The highest BCUT2D eigenvalue weighted by Gasteiger charge is 2.14. The molecule has 0 aliphatic heterocycles. The topological polar surface area (TPSA) is 108 Å². The van der Waals surface area contributed by atoms with Gasteiger partial charge in [-0.2, -0.15) is 5.10 Å². The SMILES string of the molecule is O=C(NCc1cc(=O)c2ccccc2[nH]1)c1n[nH]c(=O)c2ccccc12. The first-order valence-corrected chi connectivity index (χ1v) is 8.00. The second kappa shape index (κ2) is 6.29. The molecule has 0 saturated heterocycles. The lowest BCUT2D eigenvalue weighted by atomic mass is 10.1. The number of benzene rings is 2. The van der Waals surface area contributed by atoms with Crippen molar-refractivity contribution < 1.29 is 4.79 Å². The number of para-hydroxylation sites is 1. The highest BCUT2D eigenvalue weighted by molar-refractivity contribution is 6.04. The van der Waals surface area contributed by atoms with Crippen LogP contribution in [-0.2, 0) is 6.54 Å². The van der Waals surface area contributed by atoms with E-state index in [2.05, 4.69) is 20.5 Å². The fraction of sp³-hybridized carbons (Fsp3) is 0.0526. The van der Waals surface area contributed by atoms with Gasteiger partial charge in [-0.05, 0) is 18.2 Å². The van der Waals surface area contributed by atoms with E-state index in [1.807, 2.05) is 6.07 Å². The first kappa shape index (κ1) is 15.8. The van der Waals surface area contributed by atoms with Gasteiger partial charge in [-0.3, -0.25) is 14.4 Å². The van der Waals surface area contributed by atoms with E-state index in [1.54, 1.807) is 42.5 Å². The van der Waals surface area contributed by atoms with Crippen molar-refractivity contribution in [1.29, 1.82) is 0 Å². The lowest BCUT2D eigenvalue weighted by Gasteiger charge is -2.08. The average molecular weight is 346 g/mol. The van der Waals surface area contributed by atoms with Gasteiger partial charge in [-0.15, -0.1) is 0 Å². The van der Waals surface area contributed by atoms with Gasteiger partial charge in [-0.25, -0.2) is 5.10 Å². The number of pyridine rings is 1. The summed E-state index contributed by atoms with van der Waals surface area (Å²) in [6, 6.07) is 15.4. The number of carbonyl (C=O) groups is 1. The number of aromatic nitrogens is 3. The minimum Gasteiger partial charge on any atom is -0.357 e. The Kier molecular flexibility index (Phi) is 3.81. The van der Waals surface area contributed by atoms with Gasteiger partial charge in [0.15, 0.2) is 11.1 Å². The Morgan fingerprint density at radius 2 is 1.65 bits per heavy atom. The number of nitrogens with one attached hydrogen (secondary N) is 3. The van der Waals surface area contributed by atoms with Crippen LogP contribution in [0.2, 0.25) is 0 Å². The Morgan fingerprint density at radius 1 is 0.962 bits per heavy atom. The molecule has 4 aromatic rings. The summed E-state index contributed by atoms with van der Waals surface area (Å²) in [6.45, 7) is 0.133. The van der Waals surface area contributed by atoms with Gasteiger partial charge in [0.05, 0.1) is 11.9 Å². The minimum absolute atomic E-state index is 0.115. The van der Waals surface area contributed by atoms with E-state index in [-0.39, 0.29) is 23.2 Å². The molecule has 128 valence electrons. The van der Waals surface area contributed by atoms with Gasteiger partial charge in [0, 0.05) is 28.0 Å². The molecule has 0 atom stereocenters. The lowest BCUT2D eigenvalue weighted by Crippen LogP contribution is -2.27. The lowest BCUT2D eigenvalue weighted by molar-refractivity contribution is 0.0946. The van der Waals surface area contributed by atoms with E-state index < -0.39 is 5.91 Å². The Hall–Kier alpha value is -3.74. The van der Waals surface area contributed by atoms with Crippen LogP contribution in [0.5, 0.6) is 0 Å². The molecule has 0 aliphatic rings. The van der Waals surface area contributed by atoms with Crippen molar-refractivity contribution in [3.8, 4) is 0 Å². The molecular formula is C19H14N4O3. The summed E-state index contributed by atoms with van der Waals surface area (Å²) in [5.74, 6) is -0.438. The van der Waals surface area contributed by atoms with Crippen LogP contribution in [0.25, 0.3) is 21.7 Å². The molecule has 0 aliphatic carbocycles. The molecule has 4 rings (SSSR count). The standard InChI is InChI=1S/C19H14N4O3/c24-16-9-11(21-15-8-4-3-7-14(15)16)10-20-19(26)17-12-5-1-2-6-13(12)18(25)23-22-17/h1-9H,10H2,(H,20,26)(H,21,24)(H,23,25). The van der Waals surface area contributed by atoms with E-state index in [0.717, 1.165) is 0 Å². The third-order valence-electron chi connectivity index (χ3n) is 4.14. The van der Waals surface area contributed by atoms with Gasteiger partial charge >= 0.3 is 0 Å². The zero-order chi connectivity index (χ0) is 18.1. The van der Waals surface area contributed by atoms with Crippen molar-refractivity contribution in [1.82, 2.24) is 20.5 Å². The smallest absolute Gasteiger partial charge is 0.272 e. The maximum absolute atomic E-state index is 12.5. The van der Waals surface area contributed by atoms with Crippen molar-refractivity contribution >= 4 is 27.6 Å². The fourth-order valence-corrected chi connectivity index (χ4v) is 2.89. The van der Waals surface area contributed by atoms with Crippen LogP contribution in [-0.4, -0.2) is 21.1 Å². The van der Waals surface area contributed by atoms with Gasteiger partial charge in [0.1, 0.15) is 0 Å². The number of nitrogens with zero attached hydrogens (tertiary/aromatic N) is 1. The predicted molar refractivity (Wildman–Crippen MR) is 98.1 cm³/mol. The number of hydrogen-bond donors (Lipinski definition) is 3. The fourth-order valence-electron chi connectivity index (χ4n) is 2.89. The Balaban J connectivity index is 1.63. The van der Waals surface area contributed by atoms with Gasteiger partial charge < -0.3 is 10.3 Å². The van der Waals surface area contributed by atoms with Crippen LogP contribution in [0.3, 0.4) is 0 Å². The molecule has 3 N–H and O–H groups in total.